The Kier molecular flexibility index (Phi) is 11.4. The van der Waals surface area contributed by atoms with Crippen molar-refractivity contribution in [3.63, 3.8) is 0 Å². The molecule has 2 aromatic rings. The number of fused-ring (bicyclic) bond motifs is 1. The maximum atomic E-state index is 13.3. The molecular formula is C25H38N6O5. The number of H-pyrrole nitrogens is 1. The van der Waals surface area contributed by atoms with Crippen LogP contribution < -0.4 is 27.4 Å². The summed E-state index contributed by atoms with van der Waals surface area (Å²) >= 11 is 0. The van der Waals surface area contributed by atoms with Crippen LogP contribution in [0.1, 0.15) is 45.1 Å². The van der Waals surface area contributed by atoms with Crippen LogP contribution in [0.4, 0.5) is 0 Å². The number of carboxylic acid groups (broad SMARTS) is 1. The van der Waals surface area contributed by atoms with Gasteiger partial charge < -0.3 is 37.5 Å². The largest absolute Gasteiger partial charge is 0.480 e. The highest BCUT2D eigenvalue weighted by Gasteiger charge is 2.31. The van der Waals surface area contributed by atoms with Crippen LogP contribution in [0.25, 0.3) is 10.9 Å². The van der Waals surface area contributed by atoms with Crippen LogP contribution in [0.3, 0.4) is 0 Å². The second-order valence-electron chi connectivity index (χ2n) is 9.00. The van der Waals surface area contributed by atoms with Crippen LogP contribution in [0.15, 0.2) is 30.5 Å². The van der Waals surface area contributed by atoms with Crippen molar-refractivity contribution >= 4 is 34.6 Å². The summed E-state index contributed by atoms with van der Waals surface area (Å²) in [5.41, 5.74) is 13.2. The Morgan fingerprint density at radius 2 is 1.78 bits per heavy atom. The third-order valence-electron chi connectivity index (χ3n) is 6.25. The van der Waals surface area contributed by atoms with Gasteiger partial charge in [0.2, 0.25) is 17.7 Å². The Labute approximate surface area is 210 Å². The second-order valence-corrected chi connectivity index (χ2v) is 9.00. The molecule has 1 aromatic heterocycles. The van der Waals surface area contributed by atoms with Gasteiger partial charge in [-0.25, -0.2) is 0 Å². The van der Waals surface area contributed by atoms with Gasteiger partial charge in [-0.1, -0.05) is 44.9 Å². The van der Waals surface area contributed by atoms with E-state index in [4.69, 9.17) is 16.6 Å². The van der Waals surface area contributed by atoms with Gasteiger partial charge in [0.1, 0.15) is 18.6 Å². The van der Waals surface area contributed by atoms with E-state index in [-0.39, 0.29) is 12.3 Å². The van der Waals surface area contributed by atoms with Gasteiger partial charge >= 0.3 is 5.97 Å². The van der Waals surface area contributed by atoms with E-state index in [9.17, 15) is 19.2 Å². The lowest BCUT2D eigenvalue weighted by atomic mass is 9.96. The van der Waals surface area contributed by atoms with Crippen LogP contribution in [-0.2, 0) is 25.6 Å². The standard InChI is InChI=1S/C25H38N6O5/c1-3-15(2)22(31-23(34)18(27)9-6-7-11-26)25(36)30-20(24(35)29-14-21(32)33)12-16-13-28-19-10-5-4-8-17(16)19/h4-5,8,10,13,15,18,20,22,28H,3,6-7,9,11-12,14,26-27H2,1-2H3,(H,29,35)(H,30,36)(H,31,34)(H,32,33). The van der Waals surface area contributed by atoms with Crippen molar-refractivity contribution < 1.29 is 24.3 Å². The van der Waals surface area contributed by atoms with Crippen LogP contribution >= 0.6 is 0 Å². The highest BCUT2D eigenvalue weighted by Crippen LogP contribution is 2.19. The van der Waals surface area contributed by atoms with Crippen LogP contribution in [0.5, 0.6) is 0 Å². The van der Waals surface area contributed by atoms with Crippen molar-refractivity contribution in [2.75, 3.05) is 13.1 Å². The number of unbranched alkanes of at least 4 members (excludes halogenated alkanes) is 1. The summed E-state index contributed by atoms with van der Waals surface area (Å²) in [5, 5.41) is 17.7. The molecule has 1 aromatic carbocycles. The first-order chi connectivity index (χ1) is 17.2. The lowest BCUT2D eigenvalue weighted by molar-refractivity contribution is -0.138. The number of hydrogen-bond donors (Lipinski definition) is 7. The lowest BCUT2D eigenvalue weighted by Gasteiger charge is -2.27. The third-order valence-corrected chi connectivity index (χ3v) is 6.25. The zero-order chi connectivity index (χ0) is 26.7. The minimum atomic E-state index is -1.20. The number of nitrogens with two attached hydrogens (primary N) is 2. The number of aromatic amines is 1. The summed E-state index contributed by atoms with van der Waals surface area (Å²) < 4.78 is 0. The smallest absolute Gasteiger partial charge is 0.322 e. The van der Waals surface area contributed by atoms with Crippen LogP contribution in [0.2, 0.25) is 0 Å². The Morgan fingerprint density at radius 1 is 1.06 bits per heavy atom. The molecule has 2 rings (SSSR count). The summed E-state index contributed by atoms with van der Waals surface area (Å²) in [7, 11) is 0. The molecule has 0 saturated heterocycles. The number of carboxylic acids is 1. The Hall–Kier alpha value is -3.44. The second kappa shape index (κ2) is 14.2. The van der Waals surface area contributed by atoms with Gasteiger partial charge in [-0.05, 0) is 36.9 Å². The first kappa shape index (κ1) is 28.8. The maximum Gasteiger partial charge on any atom is 0.322 e. The van der Waals surface area contributed by atoms with E-state index < -0.39 is 48.4 Å². The third kappa shape index (κ3) is 8.35. The predicted octanol–water partition coefficient (Wildman–Crippen LogP) is 0.383. The monoisotopic (exact) mass is 502 g/mol. The topological polar surface area (TPSA) is 192 Å². The van der Waals surface area contributed by atoms with Gasteiger partial charge in [-0.2, -0.15) is 0 Å². The number of rotatable bonds is 15. The molecule has 11 heteroatoms. The summed E-state index contributed by atoms with van der Waals surface area (Å²) in [5.74, 6) is -3.06. The predicted molar refractivity (Wildman–Crippen MR) is 137 cm³/mol. The van der Waals surface area contributed by atoms with Crippen molar-refractivity contribution in [3.05, 3.63) is 36.0 Å². The Morgan fingerprint density at radius 3 is 2.44 bits per heavy atom. The van der Waals surface area contributed by atoms with E-state index in [1.807, 2.05) is 38.1 Å². The van der Waals surface area contributed by atoms with Gasteiger partial charge in [0.05, 0.1) is 6.04 Å². The van der Waals surface area contributed by atoms with E-state index in [0.29, 0.717) is 25.8 Å². The quantitative estimate of drug-likeness (QED) is 0.171. The first-order valence-corrected chi connectivity index (χ1v) is 12.3. The van der Waals surface area contributed by atoms with E-state index in [0.717, 1.165) is 22.9 Å². The minimum Gasteiger partial charge on any atom is -0.480 e. The number of hydrogen-bond acceptors (Lipinski definition) is 6. The fourth-order valence-corrected chi connectivity index (χ4v) is 3.88. The fourth-order valence-electron chi connectivity index (χ4n) is 3.88. The normalized spacial score (nSPS) is 14.4. The number of carbonyl (C=O) groups is 4. The maximum absolute atomic E-state index is 13.3. The van der Waals surface area contributed by atoms with Crippen LogP contribution in [-0.4, -0.2) is 65.0 Å². The highest BCUT2D eigenvalue weighted by atomic mass is 16.4. The van der Waals surface area contributed by atoms with Crippen molar-refractivity contribution in [2.24, 2.45) is 17.4 Å². The molecule has 0 aliphatic rings. The molecule has 11 nitrogen and oxygen atoms in total. The molecule has 0 aliphatic heterocycles. The molecule has 9 N–H and O–H groups in total. The zero-order valence-electron chi connectivity index (χ0n) is 20.9. The van der Waals surface area contributed by atoms with Crippen molar-refractivity contribution in [2.45, 2.75) is 64.1 Å². The summed E-state index contributed by atoms with van der Waals surface area (Å²) in [6.45, 7) is 3.64. The number of aliphatic carboxylic acids is 1. The number of amides is 3. The van der Waals surface area contributed by atoms with Gasteiger partial charge in [-0.3, -0.25) is 19.2 Å². The van der Waals surface area contributed by atoms with E-state index >= 15 is 0 Å². The van der Waals surface area contributed by atoms with E-state index in [2.05, 4.69) is 20.9 Å². The molecule has 198 valence electrons. The number of carbonyl (C=O) groups excluding carboxylic acids is 3. The van der Waals surface area contributed by atoms with Crippen molar-refractivity contribution in [1.82, 2.24) is 20.9 Å². The van der Waals surface area contributed by atoms with E-state index in [1.165, 1.54) is 0 Å². The highest BCUT2D eigenvalue weighted by molar-refractivity contribution is 5.94. The Bertz CT molecular complexity index is 1040. The number of para-hydroxylation sites is 1. The fraction of sp³-hybridized carbons (Fsp3) is 0.520. The molecule has 0 radical (unpaired) electrons. The van der Waals surface area contributed by atoms with Gasteiger partial charge in [0.15, 0.2) is 0 Å². The molecule has 0 fully saturated rings. The SMILES string of the molecule is CCC(C)C(NC(=O)C(N)CCCCN)C(=O)NC(Cc1c[nH]c2ccccc12)C(=O)NCC(=O)O. The van der Waals surface area contributed by atoms with Crippen molar-refractivity contribution in [3.8, 4) is 0 Å². The van der Waals surface area contributed by atoms with Crippen LogP contribution in [0, 0.1) is 5.92 Å². The molecule has 0 bridgehead atoms. The molecule has 4 atom stereocenters. The van der Waals surface area contributed by atoms with Gasteiger partial charge in [0.25, 0.3) is 0 Å². The molecule has 1 heterocycles. The summed E-state index contributed by atoms with van der Waals surface area (Å²) in [6.07, 6.45) is 4.36. The zero-order valence-corrected chi connectivity index (χ0v) is 20.9. The van der Waals surface area contributed by atoms with Gasteiger partial charge in [-0.15, -0.1) is 0 Å². The Balaban J connectivity index is 2.20. The molecule has 3 amide bonds. The minimum absolute atomic E-state index is 0.126. The molecule has 4 unspecified atom stereocenters. The summed E-state index contributed by atoms with van der Waals surface area (Å²) in [4.78, 5) is 53.0. The molecule has 0 aliphatic carbocycles. The molecule has 0 saturated carbocycles. The molecular weight excluding hydrogens is 464 g/mol. The number of nitrogens with one attached hydrogen (secondary N) is 4. The lowest BCUT2D eigenvalue weighted by Crippen LogP contribution is -2.58. The molecule has 36 heavy (non-hydrogen) atoms. The number of aromatic nitrogens is 1. The molecule has 0 spiro atoms. The average Bonchev–Trinajstić information content (AvgIpc) is 3.27. The average molecular weight is 503 g/mol. The first-order valence-electron chi connectivity index (χ1n) is 12.3. The van der Waals surface area contributed by atoms with Crippen molar-refractivity contribution in [1.29, 1.82) is 0 Å². The number of benzene rings is 1. The summed E-state index contributed by atoms with van der Waals surface area (Å²) in [6, 6.07) is 4.77. The van der Waals surface area contributed by atoms with Gasteiger partial charge in [0, 0.05) is 23.5 Å². The van der Waals surface area contributed by atoms with E-state index in [1.54, 1.807) is 6.20 Å².